The molecule has 1 fully saturated rings. The predicted molar refractivity (Wildman–Crippen MR) is 109 cm³/mol. The second-order valence-corrected chi connectivity index (χ2v) is 7.14. The number of oxazole rings is 1. The van der Waals surface area contributed by atoms with Crippen LogP contribution in [0.1, 0.15) is 39.6 Å². The van der Waals surface area contributed by atoms with Crippen LogP contribution in [0.4, 0.5) is 0 Å². The van der Waals surface area contributed by atoms with Crippen molar-refractivity contribution >= 4 is 23.0 Å². The zero-order chi connectivity index (χ0) is 21.3. The molecule has 1 saturated heterocycles. The molecule has 2 heterocycles. The molecule has 0 spiro atoms. The third-order valence-electron chi connectivity index (χ3n) is 5.49. The first kappa shape index (κ1) is 19.8. The lowest BCUT2D eigenvalue weighted by Crippen LogP contribution is -2.40. The van der Waals surface area contributed by atoms with Gasteiger partial charge in [0.2, 0.25) is 0 Å². The van der Waals surface area contributed by atoms with E-state index in [-0.39, 0.29) is 11.9 Å². The number of piperidine rings is 1. The van der Waals surface area contributed by atoms with E-state index < -0.39 is 11.7 Å². The van der Waals surface area contributed by atoms with Crippen LogP contribution in [-0.2, 0) is 4.74 Å². The summed E-state index contributed by atoms with van der Waals surface area (Å²) in [5, 5.41) is 0. The summed E-state index contributed by atoms with van der Waals surface area (Å²) in [7, 11) is 2.85. The average Bonchev–Trinajstić information content (AvgIpc) is 3.12. The molecule has 1 aromatic heterocycles. The van der Waals surface area contributed by atoms with Gasteiger partial charge in [0.1, 0.15) is 5.75 Å². The van der Waals surface area contributed by atoms with Crippen LogP contribution in [0.15, 0.2) is 51.7 Å². The summed E-state index contributed by atoms with van der Waals surface area (Å²) < 4.78 is 17.0. The summed E-state index contributed by atoms with van der Waals surface area (Å²) in [6, 6.07) is 11.8. The second kappa shape index (κ2) is 8.06. The monoisotopic (exact) mass is 410 g/mol. The average molecular weight is 410 g/mol. The normalized spacial score (nSPS) is 14.7. The highest BCUT2D eigenvalue weighted by molar-refractivity contribution is 5.97. The SMILES string of the molecule is COC(=O)c1ccc2oc(=O)n(C3CCN(C(=O)c4ccccc4OC)CC3)c2c1. The molecule has 0 bridgehead atoms. The molecule has 0 atom stereocenters. The summed E-state index contributed by atoms with van der Waals surface area (Å²) in [5.41, 5.74) is 1.84. The Morgan fingerprint density at radius 3 is 2.50 bits per heavy atom. The van der Waals surface area contributed by atoms with Gasteiger partial charge in [0, 0.05) is 19.1 Å². The number of hydrogen-bond acceptors (Lipinski definition) is 6. The zero-order valence-corrected chi connectivity index (χ0v) is 16.8. The number of carbonyl (C=O) groups is 2. The maximum absolute atomic E-state index is 12.9. The highest BCUT2D eigenvalue weighted by Crippen LogP contribution is 2.28. The van der Waals surface area contributed by atoms with Gasteiger partial charge >= 0.3 is 11.7 Å². The Labute approximate surface area is 172 Å². The molecule has 8 heteroatoms. The van der Waals surface area contributed by atoms with E-state index in [4.69, 9.17) is 13.9 Å². The van der Waals surface area contributed by atoms with Crippen molar-refractivity contribution in [1.82, 2.24) is 9.47 Å². The van der Waals surface area contributed by atoms with Crippen molar-refractivity contribution in [2.75, 3.05) is 27.3 Å². The third kappa shape index (κ3) is 3.45. The topological polar surface area (TPSA) is 91.0 Å². The summed E-state index contributed by atoms with van der Waals surface area (Å²) in [6.45, 7) is 0.995. The van der Waals surface area contributed by atoms with Crippen LogP contribution in [0.25, 0.3) is 11.1 Å². The summed E-state index contributed by atoms with van der Waals surface area (Å²) in [6.07, 6.45) is 1.19. The number of likely N-dealkylation sites (tertiary alicyclic amines) is 1. The Hall–Kier alpha value is -3.55. The van der Waals surface area contributed by atoms with E-state index in [2.05, 4.69) is 0 Å². The highest BCUT2D eigenvalue weighted by atomic mass is 16.5. The van der Waals surface area contributed by atoms with Crippen molar-refractivity contribution in [3.05, 3.63) is 64.1 Å². The van der Waals surface area contributed by atoms with E-state index in [1.54, 1.807) is 45.9 Å². The van der Waals surface area contributed by atoms with E-state index in [1.165, 1.54) is 14.2 Å². The largest absolute Gasteiger partial charge is 0.496 e. The molecule has 156 valence electrons. The van der Waals surface area contributed by atoms with Gasteiger partial charge in [-0.1, -0.05) is 12.1 Å². The van der Waals surface area contributed by atoms with Crippen LogP contribution >= 0.6 is 0 Å². The number of aromatic nitrogens is 1. The molecular formula is C22H22N2O6. The summed E-state index contributed by atoms with van der Waals surface area (Å²) >= 11 is 0. The lowest BCUT2D eigenvalue weighted by molar-refractivity contribution is 0.0600. The number of esters is 1. The van der Waals surface area contributed by atoms with Crippen LogP contribution in [-0.4, -0.2) is 48.7 Å². The lowest BCUT2D eigenvalue weighted by Gasteiger charge is -2.32. The van der Waals surface area contributed by atoms with Crippen LogP contribution in [0.2, 0.25) is 0 Å². The molecule has 4 rings (SSSR count). The Kier molecular flexibility index (Phi) is 5.31. The van der Waals surface area contributed by atoms with E-state index in [0.717, 1.165) is 0 Å². The molecule has 3 aromatic rings. The number of fused-ring (bicyclic) bond motifs is 1. The Morgan fingerprint density at radius 2 is 1.80 bits per heavy atom. The number of carbonyl (C=O) groups excluding carboxylic acids is 2. The van der Waals surface area contributed by atoms with Crippen molar-refractivity contribution in [2.45, 2.75) is 18.9 Å². The van der Waals surface area contributed by atoms with Gasteiger partial charge in [-0.3, -0.25) is 9.36 Å². The molecule has 30 heavy (non-hydrogen) atoms. The van der Waals surface area contributed by atoms with Crippen molar-refractivity contribution in [3.8, 4) is 5.75 Å². The van der Waals surface area contributed by atoms with E-state index in [0.29, 0.717) is 53.9 Å². The fourth-order valence-corrected chi connectivity index (χ4v) is 3.94. The molecule has 1 aliphatic rings. The molecule has 0 N–H and O–H groups in total. The Balaban J connectivity index is 1.56. The van der Waals surface area contributed by atoms with Crippen LogP contribution < -0.4 is 10.5 Å². The molecule has 0 saturated carbocycles. The van der Waals surface area contributed by atoms with Crippen LogP contribution in [0.5, 0.6) is 5.75 Å². The number of para-hydroxylation sites is 1. The summed E-state index contributed by atoms with van der Waals surface area (Å²) in [5.74, 6) is -0.504. The molecule has 1 amide bonds. The van der Waals surface area contributed by atoms with Crippen molar-refractivity contribution in [2.24, 2.45) is 0 Å². The fraction of sp³-hybridized carbons (Fsp3) is 0.318. The third-order valence-corrected chi connectivity index (χ3v) is 5.49. The fourth-order valence-electron chi connectivity index (χ4n) is 3.94. The Morgan fingerprint density at radius 1 is 1.07 bits per heavy atom. The number of ether oxygens (including phenoxy) is 2. The second-order valence-electron chi connectivity index (χ2n) is 7.14. The quantitative estimate of drug-likeness (QED) is 0.615. The molecule has 8 nitrogen and oxygen atoms in total. The predicted octanol–water partition coefficient (Wildman–Crippen LogP) is 2.87. The molecule has 1 aliphatic heterocycles. The highest BCUT2D eigenvalue weighted by Gasteiger charge is 2.28. The number of hydrogen-bond donors (Lipinski definition) is 0. The van der Waals surface area contributed by atoms with Gasteiger partial charge in [0.15, 0.2) is 5.58 Å². The first-order chi connectivity index (χ1) is 14.5. The maximum atomic E-state index is 12.9. The van der Waals surface area contributed by atoms with Gasteiger partial charge in [0.25, 0.3) is 5.91 Å². The van der Waals surface area contributed by atoms with Crippen molar-refractivity contribution in [1.29, 1.82) is 0 Å². The van der Waals surface area contributed by atoms with Crippen molar-refractivity contribution < 1.29 is 23.5 Å². The smallest absolute Gasteiger partial charge is 0.420 e. The van der Waals surface area contributed by atoms with Crippen LogP contribution in [0.3, 0.4) is 0 Å². The standard InChI is InChI=1S/C22H22N2O6/c1-28-18-6-4-3-5-16(18)20(25)23-11-9-15(10-12-23)24-17-13-14(21(26)29-2)7-8-19(17)30-22(24)27/h3-8,13,15H,9-12H2,1-2H3. The first-order valence-electron chi connectivity index (χ1n) is 9.69. The first-order valence-corrected chi connectivity index (χ1v) is 9.69. The zero-order valence-electron chi connectivity index (χ0n) is 16.8. The maximum Gasteiger partial charge on any atom is 0.420 e. The van der Waals surface area contributed by atoms with Gasteiger partial charge < -0.3 is 18.8 Å². The summed E-state index contributed by atoms with van der Waals surface area (Å²) in [4.78, 5) is 39.0. The minimum Gasteiger partial charge on any atom is -0.496 e. The molecule has 0 unspecified atom stereocenters. The Bertz CT molecular complexity index is 1150. The van der Waals surface area contributed by atoms with Gasteiger partial charge in [-0.05, 0) is 43.2 Å². The lowest BCUT2D eigenvalue weighted by atomic mass is 10.0. The van der Waals surface area contributed by atoms with Gasteiger partial charge in [-0.2, -0.15) is 0 Å². The number of amides is 1. The van der Waals surface area contributed by atoms with E-state index >= 15 is 0 Å². The van der Waals surface area contributed by atoms with Gasteiger partial charge in [0.05, 0.1) is 30.9 Å². The van der Waals surface area contributed by atoms with Crippen LogP contribution in [0, 0.1) is 0 Å². The van der Waals surface area contributed by atoms with Gasteiger partial charge in [-0.25, -0.2) is 9.59 Å². The molecule has 0 aliphatic carbocycles. The molecular weight excluding hydrogens is 388 g/mol. The number of nitrogens with zero attached hydrogens (tertiary/aromatic N) is 2. The number of rotatable bonds is 4. The minimum atomic E-state index is -0.477. The van der Waals surface area contributed by atoms with Crippen molar-refractivity contribution in [3.63, 3.8) is 0 Å². The van der Waals surface area contributed by atoms with E-state index in [1.807, 2.05) is 6.07 Å². The van der Waals surface area contributed by atoms with Gasteiger partial charge in [-0.15, -0.1) is 0 Å². The number of methoxy groups -OCH3 is 2. The van der Waals surface area contributed by atoms with E-state index in [9.17, 15) is 14.4 Å². The molecule has 2 aromatic carbocycles. The molecule has 0 radical (unpaired) electrons. The minimum absolute atomic E-state index is 0.0942. The number of benzene rings is 2.